The van der Waals surface area contributed by atoms with Gasteiger partial charge in [0.25, 0.3) is 0 Å². The Bertz CT molecular complexity index is 748. The summed E-state index contributed by atoms with van der Waals surface area (Å²) >= 11 is 0. The summed E-state index contributed by atoms with van der Waals surface area (Å²) in [5.41, 5.74) is 1.98. The van der Waals surface area contributed by atoms with Gasteiger partial charge >= 0.3 is 0 Å². The van der Waals surface area contributed by atoms with Crippen LogP contribution in [0.2, 0.25) is 0 Å². The minimum Gasteiger partial charge on any atom is -0.459 e. The van der Waals surface area contributed by atoms with Crippen LogP contribution in [0.1, 0.15) is 36.6 Å². The molecular weight excluding hydrogens is 286 g/mol. The molecule has 5 heteroatoms. The van der Waals surface area contributed by atoms with Crippen molar-refractivity contribution in [1.29, 1.82) is 0 Å². The van der Waals surface area contributed by atoms with Crippen LogP contribution in [0.3, 0.4) is 0 Å². The lowest BCUT2D eigenvalue weighted by Gasteiger charge is -2.28. The smallest absolute Gasteiger partial charge is 0.155 e. The average Bonchev–Trinajstić information content (AvgIpc) is 2.84. The molecule has 1 aliphatic heterocycles. The fourth-order valence-electron chi connectivity index (χ4n) is 3.20. The van der Waals surface area contributed by atoms with E-state index in [0.717, 1.165) is 23.8 Å². The molecular formula is C16H21NO3S. The Labute approximate surface area is 125 Å². The highest BCUT2D eigenvalue weighted by Crippen LogP contribution is 2.33. The molecule has 1 fully saturated rings. The Balaban J connectivity index is 2.01. The fourth-order valence-corrected chi connectivity index (χ4v) is 5.32. The molecule has 114 valence electrons. The van der Waals surface area contributed by atoms with Crippen molar-refractivity contribution in [3.63, 3.8) is 0 Å². The lowest BCUT2D eigenvalue weighted by Crippen LogP contribution is -2.39. The molecule has 3 rings (SSSR count). The monoisotopic (exact) mass is 307 g/mol. The summed E-state index contributed by atoms with van der Waals surface area (Å²) in [6.45, 7) is 2.03. The van der Waals surface area contributed by atoms with Crippen LogP contribution in [0.5, 0.6) is 0 Å². The van der Waals surface area contributed by atoms with Crippen LogP contribution in [-0.4, -0.2) is 26.5 Å². The molecule has 2 heterocycles. The van der Waals surface area contributed by atoms with E-state index in [1.807, 2.05) is 25.1 Å². The second-order valence-corrected chi connectivity index (χ2v) is 8.20. The molecule has 1 aromatic carbocycles. The first kappa shape index (κ1) is 14.6. The number of sulfone groups is 1. The lowest BCUT2D eigenvalue weighted by atomic mass is 10.0. The quantitative estimate of drug-likeness (QED) is 0.947. The van der Waals surface area contributed by atoms with Gasteiger partial charge in [-0.15, -0.1) is 0 Å². The van der Waals surface area contributed by atoms with Crippen molar-refractivity contribution in [2.75, 3.05) is 12.8 Å². The van der Waals surface area contributed by atoms with E-state index in [2.05, 4.69) is 11.4 Å². The van der Waals surface area contributed by atoms with Gasteiger partial charge in [0.05, 0.1) is 17.0 Å². The molecule has 0 saturated carbocycles. The maximum Gasteiger partial charge on any atom is 0.155 e. The van der Waals surface area contributed by atoms with Crippen LogP contribution in [0, 0.1) is 6.92 Å². The number of aryl methyl sites for hydroxylation is 1. The lowest BCUT2D eigenvalue weighted by molar-refractivity contribution is 0.406. The number of fused-ring (bicyclic) bond motifs is 1. The van der Waals surface area contributed by atoms with Crippen molar-refractivity contribution in [2.45, 2.75) is 37.5 Å². The SMILES string of the molecule is CNC(c1cc2cc(C)ccc2o1)C1CCCCS1(=O)=O. The summed E-state index contributed by atoms with van der Waals surface area (Å²) in [5, 5.41) is 3.78. The molecule has 0 amide bonds. The van der Waals surface area contributed by atoms with Crippen LogP contribution >= 0.6 is 0 Å². The van der Waals surface area contributed by atoms with Gasteiger partial charge in [0.1, 0.15) is 11.3 Å². The number of benzene rings is 1. The average molecular weight is 307 g/mol. The van der Waals surface area contributed by atoms with Crippen molar-refractivity contribution in [1.82, 2.24) is 5.32 Å². The van der Waals surface area contributed by atoms with Gasteiger partial charge in [-0.3, -0.25) is 0 Å². The third kappa shape index (κ3) is 2.72. The summed E-state index contributed by atoms with van der Waals surface area (Å²) in [5.74, 6) is 1.00. The second-order valence-electron chi connectivity index (χ2n) is 5.86. The zero-order valence-corrected chi connectivity index (χ0v) is 13.2. The number of rotatable bonds is 3. The van der Waals surface area contributed by atoms with Crippen molar-refractivity contribution < 1.29 is 12.8 Å². The van der Waals surface area contributed by atoms with Gasteiger partial charge in [-0.05, 0) is 45.0 Å². The molecule has 1 N–H and O–H groups in total. The van der Waals surface area contributed by atoms with Gasteiger partial charge < -0.3 is 9.73 Å². The Morgan fingerprint density at radius 1 is 1.29 bits per heavy atom. The Kier molecular flexibility index (Phi) is 3.80. The highest BCUT2D eigenvalue weighted by Gasteiger charge is 2.37. The van der Waals surface area contributed by atoms with E-state index in [1.165, 1.54) is 5.56 Å². The van der Waals surface area contributed by atoms with Crippen LogP contribution in [0.25, 0.3) is 11.0 Å². The van der Waals surface area contributed by atoms with E-state index in [0.29, 0.717) is 12.2 Å². The van der Waals surface area contributed by atoms with Gasteiger partial charge in [-0.1, -0.05) is 18.1 Å². The zero-order chi connectivity index (χ0) is 15.0. The predicted octanol–water partition coefficient (Wildman–Crippen LogP) is 2.97. The minimum absolute atomic E-state index is 0.275. The maximum absolute atomic E-state index is 12.3. The second kappa shape index (κ2) is 5.46. The summed E-state index contributed by atoms with van der Waals surface area (Å²) in [6, 6.07) is 7.69. The molecule has 2 aromatic rings. The van der Waals surface area contributed by atoms with Crippen molar-refractivity contribution in [3.8, 4) is 0 Å². The molecule has 0 bridgehead atoms. The predicted molar refractivity (Wildman–Crippen MR) is 84.2 cm³/mol. The fraction of sp³-hybridized carbons (Fsp3) is 0.500. The molecule has 21 heavy (non-hydrogen) atoms. The zero-order valence-electron chi connectivity index (χ0n) is 12.4. The van der Waals surface area contributed by atoms with Gasteiger partial charge in [-0.2, -0.15) is 0 Å². The molecule has 2 unspecified atom stereocenters. The Morgan fingerprint density at radius 2 is 2.10 bits per heavy atom. The van der Waals surface area contributed by atoms with E-state index in [-0.39, 0.29) is 11.8 Å². The summed E-state index contributed by atoms with van der Waals surface area (Å²) in [4.78, 5) is 0. The molecule has 0 aliphatic carbocycles. The Hall–Kier alpha value is -1.33. The number of furan rings is 1. The molecule has 4 nitrogen and oxygen atoms in total. The van der Waals surface area contributed by atoms with Crippen molar-refractivity contribution in [2.24, 2.45) is 0 Å². The van der Waals surface area contributed by atoms with E-state index in [4.69, 9.17) is 4.42 Å². The first-order valence-electron chi connectivity index (χ1n) is 7.40. The summed E-state index contributed by atoms with van der Waals surface area (Å²) in [6.07, 6.45) is 2.43. The van der Waals surface area contributed by atoms with Gasteiger partial charge in [0.2, 0.25) is 0 Å². The summed E-state index contributed by atoms with van der Waals surface area (Å²) < 4.78 is 30.6. The van der Waals surface area contributed by atoms with Crippen LogP contribution in [0.4, 0.5) is 0 Å². The standard InChI is InChI=1S/C16H21NO3S/c1-11-6-7-13-12(9-11)10-14(20-13)16(17-2)15-5-3-4-8-21(15,18)19/h6-7,9-10,15-17H,3-5,8H2,1-2H3. The first-order valence-corrected chi connectivity index (χ1v) is 9.12. The molecule has 1 saturated heterocycles. The van der Waals surface area contributed by atoms with Gasteiger partial charge in [0, 0.05) is 5.39 Å². The summed E-state index contributed by atoms with van der Waals surface area (Å²) in [7, 11) is -1.25. The van der Waals surface area contributed by atoms with Crippen LogP contribution < -0.4 is 5.32 Å². The minimum atomic E-state index is -3.05. The molecule has 1 aliphatic rings. The molecule has 0 spiro atoms. The molecule has 2 atom stereocenters. The normalized spacial score (nSPS) is 23.2. The third-order valence-electron chi connectivity index (χ3n) is 4.31. The highest BCUT2D eigenvalue weighted by atomic mass is 32.2. The molecule has 0 radical (unpaired) electrons. The van der Waals surface area contributed by atoms with Gasteiger partial charge in [0.15, 0.2) is 9.84 Å². The third-order valence-corrected chi connectivity index (χ3v) is 6.60. The molecule has 1 aromatic heterocycles. The number of hydrogen-bond acceptors (Lipinski definition) is 4. The Morgan fingerprint density at radius 3 is 2.81 bits per heavy atom. The van der Waals surface area contributed by atoms with Crippen molar-refractivity contribution in [3.05, 3.63) is 35.6 Å². The number of hydrogen-bond donors (Lipinski definition) is 1. The van der Waals surface area contributed by atoms with Crippen LogP contribution in [-0.2, 0) is 9.84 Å². The van der Waals surface area contributed by atoms with E-state index in [9.17, 15) is 8.42 Å². The number of nitrogens with one attached hydrogen (secondary N) is 1. The first-order chi connectivity index (χ1) is 10.0. The van der Waals surface area contributed by atoms with E-state index < -0.39 is 15.1 Å². The van der Waals surface area contributed by atoms with Gasteiger partial charge in [-0.25, -0.2) is 8.42 Å². The largest absolute Gasteiger partial charge is 0.459 e. The topological polar surface area (TPSA) is 59.3 Å². The highest BCUT2D eigenvalue weighted by molar-refractivity contribution is 7.92. The van der Waals surface area contributed by atoms with Crippen LogP contribution in [0.15, 0.2) is 28.7 Å². The maximum atomic E-state index is 12.3. The van der Waals surface area contributed by atoms with E-state index >= 15 is 0 Å². The van der Waals surface area contributed by atoms with E-state index in [1.54, 1.807) is 7.05 Å². The van der Waals surface area contributed by atoms with Crippen molar-refractivity contribution >= 4 is 20.8 Å².